The number of hydrogen-bond acceptors (Lipinski definition) is 6. The average molecular weight is 531 g/mol. The summed E-state index contributed by atoms with van der Waals surface area (Å²) in [6, 6.07) is 20.5. The van der Waals surface area contributed by atoms with E-state index in [-0.39, 0.29) is 36.1 Å². The van der Waals surface area contributed by atoms with E-state index in [9.17, 15) is 14.4 Å². The summed E-state index contributed by atoms with van der Waals surface area (Å²) in [6.45, 7) is 6.14. The van der Waals surface area contributed by atoms with Crippen molar-refractivity contribution in [2.75, 3.05) is 19.0 Å². The van der Waals surface area contributed by atoms with Crippen LogP contribution in [-0.2, 0) is 16.1 Å². The van der Waals surface area contributed by atoms with Gasteiger partial charge in [-0.1, -0.05) is 67.9 Å². The quantitative estimate of drug-likeness (QED) is 0.323. The van der Waals surface area contributed by atoms with Crippen LogP contribution in [0.2, 0.25) is 0 Å². The first-order valence-corrected chi connectivity index (χ1v) is 13.1. The summed E-state index contributed by atoms with van der Waals surface area (Å²) in [5.41, 5.74) is 4.44. The van der Waals surface area contributed by atoms with Crippen molar-refractivity contribution in [2.45, 2.75) is 33.2 Å². The smallest absolute Gasteiger partial charge is 0.293 e. The Kier molecular flexibility index (Phi) is 8.53. The SMILES string of the molecule is COc1cc(/C=C2\SC(=O)N(Cc3cccc(C)c3)C2=O)ccc1OCC(=O)Nc1ccccc1C(C)C. The van der Waals surface area contributed by atoms with Gasteiger partial charge in [0.05, 0.1) is 18.6 Å². The van der Waals surface area contributed by atoms with Gasteiger partial charge in [-0.2, -0.15) is 0 Å². The van der Waals surface area contributed by atoms with Crippen LogP contribution in [0.4, 0.5) is 10.5 Å². The van der Waals surface area contributed by atoms with E-state index >= 15 is 0 Å². The Hall–Kier alpha value is -4.04. The molecule has 38 heavy (non-hydrogen) atoms. The standard InChI is InChI=1S/C30H30N2O5S/c1-19(2)23-10-5-6-11-24(23)31-28(33)18-37-25-13-12-21(15-26(25)36-4)16-27-29(34)32(30(35)38-27)17-22-9-7-8-20(3)14-22/h5-16,19H,17-18H2,1-4H3,(H,31,33)/b27-16-. The van der Waals surface area contributed by atoms with E-state index in [0.717, 1.165) is 34.1 Å². The number of nitrogens with one attached hydrogen (secondary N) is 1. The predicted molar refractivity (Wildman–Crippen MR) is 150 cm³/mol. The lowest BCUT2D eigenvalue weighted by Gasteiger charge is -2.15. The molecule has 196 valence electrons. The lowest BCUT2D eigenvalue weighted by Crippen LogP contribution is -2.27. The minimum atomic E-state index is -0.334. The summed E-state index contributed by atoms with van der Waals surface area (Å²) < 4.78 is 11.2. The van der Waals surface area contributed by atoms with Crippen LogP contribution >= 0.6 is 11.8 Å². The van der Waals surface area contributed by atoms with Gasteiger partial charge >= 0.3 is 0 Å². The van der Waals surface area contributed by atoms with E-state index in [1.165, 1.54) is 12.0 Å². The van der Waals surface area contributed by atoms with E-state index in [4.69, 9.17) is 9.47 Å². The van der Waals surface area contributed by atoms with Crippen molar-refractivity contribution in [3.8, 4) is 11.5 Å². The van der Waals surface area contributed by atoms with Crippen LogP contribution in [0.1, 0.15) is 42.0 Å². The predicted octanol–water partition coefficient (Wildman–Crippen LogP) is 6.38. The summed E-state index contributed by atoms with van der Waals surface area (Å²) in [5, 5.41) is 2.60. The van der Waals surface area contributed by atoms with Crippen LogP contribution in [0.25, 0.3) is 6.08 Å². The molecule has 0 radical (unpaired) electrons. The Morgan fingerprint density at radius 3 is 2.55 bits per heavy atom. The van der Waals surface area contributed by atoms with Gasteiger partial charge in [-0.05, 0) is 65.6 Å². The zero-order valence-electron chi connectivity index (χ0n) is 21.8. The number of ether oxygens (including phenoxy) is 2. The Bertz CT molecular complexity index is 1400. The fourth-order valence-electron chi connectivity index (χ4n) is 4.12. The second kappa shape index (κ2) is 12.0. The molecule has 0 aliphatic carbocycles. The Labute approximate surface area is 226 Å². The highest BCUT2D eigenvalue weighted by Gasteiger charge is 2.35. The molecule has 0 saturated carbocycles. The second-order valence-corrected chi connectivity index (χ2v) is 10.2. The van der Waals surface area contributed by atoms with Gasteiger partial charge in [0, 0.05) is 5.69 Å². The third-order valence-corrected chi connectivity index (χ3v) is 6.91. The minimum absolute atomic E-state index is 0.194. The topological polar surface area (TPSA) is 84.9 Å². The summed E-state index contributed by atoms with van der Waals surface area (Å²) >= 11 is 0.909. The monoisotopic (exact) mass is 530 g/mol. The average Bonchev–Trinajstić information content (AvgIpc) is 3.15. The van der Waals surface area contributed by atoms with Gasteiger partial charge in [0.15, 0.2) is 18.1 Å². The zero-order valence-corrected chi connectivity index (χ0v) is 22.6. The third-order valence-electron chi connectivity index (χ3n) is 6.00. The molecule has 1 aliphatic rings. The Morgan fingerprint density at radius 2 is 1.82 bits per heavy atom. The second-order valence-electron chi connectivity index (χ2n) is 9.25. The van der Waals surface area contributed by atoms with Gasteiger partial charge in [0.25, 0.3) is 17.1 Å². The summed E-state index contributed by atoms with van der Waals surface area (Å²) in [5.74, 6) is 0.451. The fourth-order valence-corrected chi connectivity index (χ4v) is 4.96. The maximum absolute atomic E-state index is 12.9. The Balaban J connectivity index is 1.42. The highest BCUT2D eigenvalue weighted by molar-refractivity contribution is 8.18. The molecule has 0 bridgehead atoms. The van der Waals surface area contributed by atoms with Crippen molar-refractivity contribution in [3.05, 3.63) is 93.9 Å². The van der Waals surface area contributed by atoms with E-state index < -0.39 is 0 Å². The molecule has 0 aromatic heterocycles. The lowest BCUT2D eigenvalue weighted by molar-refractivity contribution is -0.123. The number of hydrogen-bond donors (Lipinski definition) is 1. The van der Waals surface area contributed by atoms with Crippen LogP contribution in [0.15, 0.2) is 71.6 Å². The maximum Gasteiger partial charge on any atom is 0.293 e. The third kappa shape index (κ3) is 6.44. The van der Waals surface area contributed by atoms with E-state index in [1.54, 1.807) is 24.3 Å². The largest absolute Gasteiger partial charge is 0.493 e. The molecule has 8 heteroatoms. The molecule has 0 spiro atoms. The Morgan fingerprint density at radius 1 is 1.03 bits per heavy atom. The molecule has 1 N–H and O–H groups in total. The van der Waals surface area contributed by atoms with Crippen molar-refractivity contribution >= 4 is 40.6 Å². The number of anilines is 1. The van der Waals surface area contributed by atoms with Crippen LogP contribution in [0.5, 0.6) is 11.5 Å². The maximum atomic E-state index is 12.9. The molecule has 1 saturated heterocycles. The van der Waals surface area contributed by atoms with Crippen LogP contribution in [0, 0.1) is 6.92 Å². The number of aryl methyl sites for hydroxylation is 1. The van der Waals surface area contributed by atoms with Crippen molar-refractivity contribution in [1.29, 1.82) is 0 Å². The number of imide groups is 1. The number of rotatable bonds is 9. The van der Waals surface area contributed by atoms with Crippen LogP contribution in [0.3, 0.4) is 0 Å². The van der Waals surface area contributed by atoms with Crippen molar-refractivity contribution < 1.29 is 23.9 Å². The molecule has 3 aromatic carbocycles. The number of methoxy groups -OCH3 is 1. The van der Waals surface area contributed by atoms with E-state index in [2.05, 4.69) is 19.2 Å². The van der Waals surface area contributed by atoms with Crippen LogP contribution < -0.4 is 14.8 Å². The first kappa shape index (κ1) is 27.0. The number of nitrogens with zero attached hydrogens (tertiary/aromatic N) is 1. The number of benzene rings is 3. The summed E-state index contributed by atoms with van der Waals surface area (Å²) in [6.07, 6.45) is 1.66. The first-order chi connectivity index (χ1) is 18.2. The summed E-state index contributed by atoms with van der Waals surface area (Å²) in [7, 11) is 1.50. The fraction of sp³-hybridized carbons (Fsp3) is 0.233. The molecule has 3 amide bonds. The molecular formula is C30H30N2O5S. The van der Waals surface area contributed by atoms with Gasteiger partial charge in [0.1, 0.15) is 0 Å². The number of carbonyl (C=O) groups is 3. The normalized spacial score (nSPS) is 14.3. The van der Waals surface area contributed by atoms with Crippen molar-refractivity contribution in [1.82, 2.24) is 4.90 Å². The van der Waals surface area contributed by atoms with E-state index in [1.807, 2.05) is 55.5 Å². The lowest BCUT2D eigenvalue weighted by atomic mass is 10.0. The van der Waals surface area contributed by atoms with Gasteiger partial charge in [-0.15, -0.1) is 0 Å². The van der Waals surface area contributed by atoms with Crippen molar-refractivity contribution in [2.24, 2.45) is 0 Å². The molecule has 7 nitrogen and oxygen atoms in total. The van der Waals surface area contributed by atoms with Crippen molar-refractivity contribution in [3.63, 3.8) is 0 Å². The molecule has 1 heterocycles. The van der Waals surface area contributed by atoms with Gasteiger partial charge in [-0.25, -0.2) is 0 Å². The molecule has 4 rings (SSSR count). The molecule has 0 atom stereocenters. The minimum Gasteiger partial charge on any atom is -0.493 e. The number of amides is 3. The zero-order chi connectivity index (χ0) is 27.2. The van der Waals surface area contributed by atoms with E-state index in [0.29, 0.717) is 22.0 Å². The summed E-state index contributed by atoms with van der Waals surface area (Å²) in [4.78, 5) is 39.6. The van der Waals surface area contributed by atoms with Gasteiger partial charge in [-0.3, -0.25) is 19.3 Å². The first-order valence-electron chi connectivity index (χ1n) is 12.3. The molecule has 1 fully saturated rings. The highest BCUT2D eigenvalue weighted by atomic mass is 32.2. The number of para-hydroxylation sites is 1. The molecule has 0 unspecified atom stereocenters. The molecule has 1 aliphatic heterocycles. The van der Waals surface area contributed by atoms with Gasteiger partial charge < -0.3 is 14.8 Å². The number of carbonyl (C=O) groups excluding carboxylic acids is 3. The number of thioether (sulfide) groups is 1. The molecule has 3 aromatic rings. The molecular weight excluding hydrogens is 500 g/mol. The van der Waals surface area contributed by atoms with Crippen LogP contribution in [-0.4, -0.2) is 35.7 Å². The highest BCUT2D eigenvalue weighted by Crippen LogP contribution is 2.35. The van der Waals surface area contributed by atoms with Gasteiger partial charge in [0.2, 0.25) is 0 Å².